The molecule has 0 spiro atoms. The van der Waals surface area contributed by atoms with Gasteiger partial charge in [-0.3, -0.25) is 0 Å². The maximum Gasteiger partial charge on any atom is 0.172 e. The summed E-state index contributed by atoms with van der Waals surface area (Å²) in [5, 5.41) is 3.55. The molecule has 0 aromatic carbocycles. The Morgan fingerprint density at radius 2 is 1.88 bits per heavy atom. The second-order valence-corrected chi connectivity index (χ2v) is 5.12. The second kappa shape index (κ2) is 8.06. The first-order chi connectivity index (χ1) is 8.26. The Balaban J connectivity index is 2.61. The Hall–Kier alpha value is -0.120. The van der Waals surface area contributed by atoms with Crippen molar-refractivity contribution >= 4 is 0 Å². The van der Waals surface area contributed by atoms with E-state index in [9.17, 15) is 0 Å². The molecule has 3 unspecified atom stereocenters. The maximum atomic E-state index is 5.45. The molecule has 3 heteroatoms. The highest BCUT2D eigenvalue weighted by atomic mass is 16.7. The highest BCUT2D eigenvalue weighted by molar-refractivity contribution is 4.84. The van der Waals surface area contributed by atoms with Crippen LogP contribution in [0.25, 0.3) is 0 Å². The summed E-state index contributed by atoms with van der Waals surface area (Å²) < 4.78 is 10.9. The van der Waals surface area contributed by atoms with Gasteiger partial charge in [0, 0.05) is 14.2 Å². The molecule has 0 aromatic rings. The summed E-state index contributed by atoms with van der Waals surface area (Å²) in [7, 11) is 3.47. The van der Waals surface area contributed by atoms with Crippen molar-refractivity contribution in [2.45, 2.75) is 58.3 Å². The van der Waals surface area contributed by atoms with Gasteiger partial charge in [0.15, 0.2) is 6.29 Å². The number of hydrogen-bond acceptors (Lipinski definition) is 3. The number of ether oxygens (including phenoxy) is 2. The van der Waals surface area contributed by atoms with E-state index in [-0.39, 0.29) is 6.29 Å². The Morgan fingerprint density at radius 1 is 1.18 bits per heavy atom. The fourth-order valence-corrected chi connectivity index (χ4v) is 3.14. The van der Waals surface area contributed by atoms with Crippen molar-refractivity contribution in [2.24, 2.45) is 11.8 Å². The molecule has 0 aromatic heterocycles. The van der Waals surface area contributed by atoms with Gasteiger partial charge in [-0.2, -0.15) is 0 Å². The molecule has 1 saturated carbocycles. The average molecular weight is 243 g/mol. The number of nitrogens with one attached hydrogen (secondary N) is 1. The minimum atomic E-state index is -0.115. The summed E-state index contributed by atoms with van der Waals surface area (Å²) in [5.74, 6) is 1.59. The molecule has 0 bridgehead atoms. The zero-order valence-electron chi connectivity index (χ0n) is 11.9. The number of hydrogen-bond donors (Lipinski definition) is 1. The number of methoxy groups -OCH3 is 2. The molecule has 1 aliphatic carbocycles. The van der Waals surface area contributed by atoms with Crippen LogP contribution < -0.4 is 5.32 Å². The zero-order valence-corrected chi connectivity index (χ0v) is 11.9. The van der Waals surface area contributed by atoms with Gasteiger partial charge in [0.1, 0.15) is 0 Å². The van der Waals surface area contributed by atoms with E-state index in [1.807, 2.05) is 0 Å². The van der Waals surface area contributed by atoms with E-state index in [1.165, 1.54) is 32.1 Å². The highest BCUT2D eigenvalue weighted by Crippen LogP contribution is 2.34. The van der Waals surface area contributed by atoms with Crippen molar-refractivity contribution in [1.82, 2.24) is 5.32 Å². The third-order valence-electron chi connectivity index (χ3n) is 4.11. The fraction of sp³-hybridized carbons (Fsp3) is 1.00. The van der Waals surface area contributed by atoms with E-state index < -0.39 is 0 Å². The highest BCUT2D eigenvalue weighted by Gasteiger charge is 2.32. The van der Waals surface area contributed by atoms with Crippen molar-refractivity contribution in [3.05, 3.63) is 0 Å². The van der Waals surface area contributed by atoms with Crippen LogP contribution in [-0.4, -0.2) is 33.1 Å². The van der Waals surface area contributed by atoms with Crippen LogP contribution in [0.5, 0.6) is 0 Å². The zero-order chi connectivity index (χ0) is 12.7. The van der Waals surface area contributed by atoms with Crippen molar-refractivity contribution in [3.63, 3.8) is 0 Å². The number of rotatable bonds is 7. The lowest BCUT2D eigenvalue weighted by Crippen LogP contribution is -2.48. The average Bonchev–Trinajstić information content (AvgIpc) is 2.39. The summed E-state index contributed by atoms with van der Waals surface area (Å²) in [6.07, 6.45) is 6.56. The van der Waals surface area contributed by atoms with Gasteiger partial charge in [-0.15, -0.1) is 0 Å². The van der Waals surface area contributed by atoms with Crippen molar-refractivity contribution in [2.75, 3.05) is 20.8 Å². The Morgan fingerprint density at radius 3 is 2.41 bits per heavy atom. The van der Waals surface area contributed by atoms with E-state index in [0.29, 0.717) is 12.0 Å². The fourth-order valence-electron chi connectivity index (χ4n) is 3.14. The predicted octanol–water partition coefficient (Wildman–Crippen LogP) is 2.80. The van der Waals surface area contributed by atoms with Gasteiger partial charge in [-0.05, 0) is 31.2 Å². The van der Waals surface area contributed by atoms with Crippen molar-refractivity contribution < 1.29 is 9.47 Å². The van der Waals surface area contributed by atoms with Crippen LogP contribution in [-0.2, 0) is 9.47 Å². The molecule has 1 N–H and O–H groups in total. The Bertz CT molecular complexity index is 195. The van der Waals surface area contributed by atoms with Gasteiger partial charge in [-0.1, -0.05) is 33.1 Å². The Labute approximate surface area is 106 Å². The third kappa shape index (κ3) is 4.23. The first kappa shape index (κ1) is 14.9. The van der Waals surface area contributed by atoms with Gasteiger partial charge in [-0.25, -0.2) is 0 Å². The van der Waals surface area contributed by atoms with Crippen LogP contribution in [0.4, 0.5) is 0 Å². The standard InChI is InChI=1S/C14H29NO2/c1-5-11-8-7-9-12(10-11)13(15-6-2)14(16-3)17-4/h11-15H,5-10H2,1-4H3. The van der Waals surface area contributed by atoms with E-state index >= 15 is 0 Å². The van der Waals surface area contributed by atoms with Crippen molar-refractivity contribution in [3.8, 4) is 0 Å². The van der Waals surface area contributed by atoms with Crippen molar-refractivity contribution in [1.29, 1.82) is 0 Å². The molecule has 0 amide bonds. The lowest BCUT2D eigenvalue weighted by Gasteiger charge is -2.37. The monoisotopic (exact) mass is 243 g/mol. The quantitative estimate of drug-likeness (QED) is 0.697. The summed E-state index contributed by atoms with van der Waals surface area (Å²) in [4.78, 5) is 0. The topological polar surface area (TPSA) is 30.5 Å². The van der Waals surface area contributed by atoms with E-state index in [1.54, 1.807) is 14.2 Å². The first-order valence-corrected chi connectivity index (χ1v) is 7.05. The normalized spacial score (nSPS) is 27.4. The largest absolute Gasteiger partial charge is 0.354 e. The van der Waals surface area contributed by atoms with Gasteiger partial charge in [0.05, 0.1) is 6.04 Å². The minimum absolute atomic E-state index is 0.115. The molecule has 1 aliphatic rings. The molecule has 3 atom stereocenters. The van der Waals surface area contributed by atoms with Gasteiger partial charge < -0.3 is 14.8 Å². The lowest BCUT2D eigenvalue weighted by molar-refractivity contribution is -0.136. The van der Waals surface area contributed by atoms with Crippen LogP contribution in [0.15, 0.2) is 0 Å². The summed E-state index contributed by atoms with van der Waals surface area (Å²) >= 11 is 0. The molecule has 0 heterocycles. The van der Waals surface area contributed by atoms with E-state index in [2.05, 4.69) is 19.2 Å². The van der Waals surface area contributed by atoms with Crippen LogP contribution in [0, 0.1) is 11.8 Å². The molecular weight excluding hydrogens is 214 g/mol. The Kier molecular flexibility index (Phi) is 7.09. The number of likely N-dealkylation sites (N-methyl/N-ethyl adjacent to an activating group) is 1. The molecule has 3 nitrogen and oxygen atoms in total. The van der Waals surface area contributed by atoms with Crippen LogP contribution in [0.1, 0.15) is 46.0 Å². The van der Waals surface area contributed by atoms with Crippen LogP contribution in [0.2, 0.25) is 0 Å². The van der Waals surface area contributed by atoms with E-state index in [4.69, 9.17) is 9.47 Å². The molecule has 102 valence electrons. The molecular formula is C14H29NO2. The van der Waals surface area contributed by atoms with Gasteiger partial charge in [0.2, 0.25) is 0 Å². The molecule has 0 radical (unpaired) electrons. The molecule has 0 saturated heterocycles. The summed E-state index contributed by atoms with van der Waals surface area (Å²) in [6, 6.07) is 0.337. The maximum absolute atomic E-state index is 5.45. The smallest absolute Gasteiger partial charge is 0.172 e. The minimum Gasteiger partial charge on any atom is -0.354 e. The molecule has 1 rings (SSSR count). The van der Waals surface area contributed by atoms with E-state index in [0.717, 1.165) is 12.5 Å². The SMILES string of the molecule is CCNC(C1CCCC(CC)C1)C(OC)OC. The molecule has 1 fully saturated rings. The predicted molar refractivity (Wildman–Crippen MR) is 71.0 cm³/mol. The lowest BCUT2D eigenvalue weighted by atomic mass is 9.76. The molecule has 17 heavy (non-hydrogen) atoms. The van der Waals surface area contributed by atoms with Crippen LogP contribution >= 0.6 is 0 Å². The third-order valence-corrected chi connectivity index (χ3v) is 4.11. The second-order valence-electron chi connectivity index (χ2n) is 5.12. The van der Waals surface area contributed by atoms with Gasteiger partial charge in [0.25, 0.3) is 0 Å². The first-order valence-electron chi connectivity index (χ1n) is 7.05. The summed E-state index contributed by atoms with van der Waals surface area (Å²) in [5.41, 5.74) is 0. The molecule has 0 aliphatic heterocycles. The van der Waals surface area contributed by atoms with Crippen LogP contribution in [0.3, 0.4) is 0 Å². The summed E-state index contributed by atoms with van der Waals surface area (Å²) in [6.45, 7) is 5.43. The van der Waals surface area contributed by atoms with Gasteiger partial charge >= 0.3 is 0 Å².